The fourth-order valence-corrected chi connectivity index (χ4v) is 8.45. The number of amides is 2. The van der Waals surface area contributed by atoms with Crippen molar-refractivity contribution in [2.24, 2.45) is 0 Å². The minimum Gasteiger partial charge on any atom is -0.378 e. The normalized spacial score (nSPS) is 19.4. The first kappa shape index (κ1) is 30.5. The standard InChI is InChI=1S/C33H34Cl2N4O4S/c1-20-30(36-21(2)31(20)33(41)39-15-6-7-22(39)12-16-38-13-3-4-14-38)18-25-24-17-23(10-11-29(24)37-32(25)40)44(42,43)19-26-27(34)8-5-9-28(26)35/h5,8-12,16-18,22,36H,3-4,6-7,13-15,19H2,1-2H3,(H,37,40)/b16-12+,25-18-. The van der Waals surface area contributed by atoms with E-state index in [9.17, 15) is 18.0 Å². The predicted molar refractivity (Wildman–Crippen MR) is 175 cm³/mol. The number of rotatable bonds is 7. The minimum absolute atomic E-state index is 0.0302. The average Bonchev–Trinajstić information content (AvgIpc) is 3.77. The SMILES string of the molecule is Cc1[nH]c(/C=C2\C(=O)Nc3ccc(S(=O)(=O)Cc4c(Cl)cccc4Cl)cc32)c(C)c1C(=O)N1CCCC1/C=C/N1CCCC1. The van der Waals surface area contributed by atoms with Crippen LogP contribution in [-0.4, -0.2) is 60.7 Å². The smallest absolute Gasteiger partial charge is 0.256 e. The molecule has 0 bridgehead atoms. The molecule has 1 aromatic heterocycles. The van der Waals surface area contributed by atoms with Crippen molar-refractivity contribution >= 4 is 62.2 Å². The molecule has 44 heavy (non-hydrogen) atoms. The third-order valence-corrected chi connectivity index (χ3v) is 11.1. The minimum atomic E-state index is -3.84. The number of aryl methyl sites for hydroxylation is 1. The molecule has 2 aromatic carbocycles. The van der Waals surface area contributed by atoms with Gasteiger partial charge in [0.15, 0.2) is 9.84 Å². The zero-order valence-corrected chi connectivity index (χ0v) is 27.0. The summed E-state index contributed by atoms with van der Waals surface area (Å²) in [7, 11) is -3.84. The zero-order chi connectivity index (χ0) is 31.2. The molecule has 3 aliphatic heterocycles. The molecule has 0 radical (unpaired) electrons. The van der Waals surface area contributed by atoms with Crippen LogP contribution < -0.4 is 5.32 Å². The Morgan fingerprint density at radius 1 is 1.05 bits per heavy atom. The third-order valence-electron chi connectivity index (χ3n) is 8.73. The maximum atomic E-state index is 13.8. The summed E-state index contributed by atoms with van der Waals surface area (Å²) in [6.45, 7) is 6.55. The van der Waals surface area contributed by atoms with Crippen LogP contribution in [0.2, 0.25) is 10.0 Å². The molecule has 11 heteroatoms. The highest BCUT2D eigenvalue weighted by molar-refractivity contribution is 7.90. The second-order valence-electron chi connectivity index (χ2n) is 11.6. The van der Waals surface area contributed by atoms with E-state index in [-0.39, 0.29) is 38.5 Å². The number of benzene rings is 2. The molecular formula is C33H34Cl2N4O4S. The molecule has 230 valence electrons. The summed E-state index contributed by atoms with van der Waals surface area (Å²) >= 11 is 12.5. The Labute approximate surface area is 267 Å². The first-order chi connectivity index (χ1) is 21.0. The second kappa shape index (κ2) is 12.1. The van der Waals surface area contributed by atoms with Gasteiger partial charge >= 0.3 is 0 Å². The Morgan fingerprint density at radius 2 is 1.77 bits per heavy atom. The van der Waals surface area contributed by atoms with Crippen molar-refractivity contribution in [3.63, 3.8) is 0 Å². The van der Waals surface area contributed by atoms with Crippen molar-refractivity contribution in [2.75, 3.05) is 25.0 Å². The average molecular weight is 654 g/mol. The highest BCUT2D eigenvalue weighted by Gasteiger charge is 2.32. The van der Waals surface area contributed by atoms with E-state index in [0.717, 1.165) is 37.2 Å². The van der Waals surface area contributed by atoms with E-state index >= 15 is 0 Å². The molecule has 2 fully saturated rings. The lowest BCUT2D eigenvalue weighted by molar-refractivity contribution is -0.110. The largest absolute Gasteiger partial charge is 0.378 e. The van der Waals surface area contributed by atoms with Gasteiger partial charge in [-0.25, -0.2) is 8.42 Å². The van der Waals surface area contributed by atoms with Crippen LogP contribution in [0.15, 0.2) is 53.6 Å². The van der Waals surface area contributed by atoms with Crippen molar-refractivity contribution in [2.45, 2.75) is 56.2 Å². The summed E-state index contributed by atoms with van der Waals surface area (Å²) in [5.74, 6) is -0.761. The van der Waals surface area contributed by atoms with E-state index < -0.39 is 9.84 Å². The topological polar surface area (TPSA) is 103 Å². The molecule has 2 amide bonds. The van der Waals surface area contributed by atoms with Crippen LogP contribution in [-0.2, 0) is 20.4 Å². The number of halogens is 2. The Bertz CT molecular complexity index is 1800. The van der Waals surface area contributed by atoms with E-state index in [4.69, 9.17) is 23.2 Å². The van der Waals surface area contributed by atoms with Gasteiger partial charge in [-0.1, -0.05) is 29.3 Å². The Morgan fingerprint density at radius 3 is 2.50 bits per heavy atom. The Hall–Kier alpha value is -3.53. The number of carbonyl (C=O) groups is 2. The van der Waals surface area contributed by atoms with Gasteiger partial charge in [-0.2, -0.15) is 0 Å². The van der Waals surface area contributed by atoms with Gasteiger partial charge in [-0.15, -0.1) is 0 Å². The molecule has 0 saturated carbocycles. The monoisotopic (exact) mass is 652 g/mol. The van der Waals surface area contributed by atoms with Crippen molar-refractivity contribution in [1.29, 1.82) is 0 Å². The number of H-pyrrole nitrogens is 1. The number of hydrogen-bond donors (Lipinski definition) is 2. The number of aromatic nitrogens is 1. The van der Waals surface area contributed by atoms with Gasteiger partial charge in [0.05, 0.1) is 27.8 Å². The van der Waals surface area contributed by atoms with E-state index in [0.29, 0.717) is 40.2 Å². The summed E-state index contributed by atoms with van der Waals surface area (Å²) in [6, 6.07) is 9.45. The number of aromatic amines is 1. The van der Waals surface area contributed by atoms with Crippen LogP contribution in [0.25, 0.3) is 11.6 Å². The van der Waals surface area contributed by atoms with E-state index in [2.05, 4.69) is 27.5 Å². The molecule has 2 N–H and O–H groups in total. The fraction of sp³-hybridized carbons (Fsp3) is 0.333. The van der Waals surface area contributed by atoms with Crippen LogP contribution in [0.3, 0.4) is 0 Å². The summed E-state index contributed by atoms with van der Waals surface area (Å²) in [5.41, 5.74) is 4.30. The number of anilines is 1. The lowest BCUT2D eigenvalue weighted by atomic mass is 10.0. The molecule has 3 aromatic rings. The van der Waals surface area contributed by atoms with E-state index in [1.54, 1.807) is 30.3 Å². The first-order valence-electron chi connectivity index (χ1n) is 14.8. The Balaban J connectivity index is 1.29. The summed E-state index contributed by atoms with van der Waals surface area (Å²) in [4.78, 5) is 34.5. The predicted octanol–water partition coefficient (Wildman–Crippen LogP) is 6.62. The van der Waals surface area contributed by atoms with Crippen LogP contribution in [0.5, 0.6) is 0 Å². The van der Waals surface area contributed by atoms with Crippen LogP contribution >= 0.6 is 23.2 Å². The quantitative estimate of drug-likeness (QED) is 0.279. The van der Waals surface area contributed by atoms with Crippen LogP contribution in [0.1, 0.15) is 64.1 Å². The Kier molecular flexibility index (Phi) is 8.39. The van der Waals surface area contributed by atoms with Gasteiger partial charge in [0.2, 0.25) is 0 Å². The molecule has 0 spiro atoms. The zero-order valence-electron chi connectivity index (χ0n) is 24.6. The maximum absolute atomic E-state index is 13.8. The number of nitrogens with one attached hydrogen (secondary N) is 2. The summed E-state index contributed by atoms with van der Waals surface area (Å²) in [5, 5.41) is 3.36. The van der Waals surface area contributed by atoms with Gasteiger partial charge in [-0.05, 0) is 93.8 Å². The highest BCUT2D eigenvalue weighted by atomic mass is 35.5. The van der Waals surface area contributed by atoms with Gasteiger partial charge in [0.25, 0.3) is 11.8 Å². The number of nitrogens with zero attached hydrogens (tertiary/aromatic N) is 2. The summed E-state index contributed by atoms with van der Waals surface area (Å²) < 4.78 is 26.8. The molecule has 0 aliphatic carbocycles. The van der Waals surface area contributed by atoms with Gasteiger partial charge < -0.3 is 20.1 Å². The molecule has 4 heterocycles. The number of sulfone groups is 1. The molecule has 1 atom stereocenters. The van der Waals surface area contributed by atoms with Crippen LogP contribution in [0.4, 0.5) is 5.69 Å². The number of carbonyl (C=O) groups excluding carboxylic acids is 2. The van der Waals surface area contributed by atoms with E-state index in [1.165, 1.54) is 25.0 Å². The third kappa shape index (κ3) is 5.80. The first-order valence-corrected chi connectivity index (χ1v) is 17.2. The van der Waals surface area contributed by atoms with Crippen molar-refractivity contribution < 1.29 is 18.0 Å². The van der Waals surface area contributed by atoms with Crippen molar-refractivity contribution in [3.8, 4) is 0 Å². The second-order valence-corrected chi connectivity index (χ2v) is 14.4. The number of hydrogen-bond acceptors (Lipinski definition) is 5. The molecule has 8 nitrogen and oxygen atoms in total. The van der Waals surface area contributed by atoms with Crippen LogP contribution in [0, 0.1) is 13.8 Å². The number of fused-ring (bicyclic) bond motifs is 1. The number of likely N-dealkylation sites (tertiary alicyclic amines) is 2. The maximum Gasteiger partial charge on any atom is 0.256 e. The highest BCUT2D eigenvalue weighted by Crippen LogP contribution is 2.37. The van der Waals surface area contributed by atoms with Crippen molar-refractivity contribution in [1.82, 2.24) is 14.8 Å². The summed E-state index contributed by atoms with van der Waals surface area (Å²) in [6.07, 6.45) is 10.3. The molecule has 2 saturated heterocycles. The molecule has 3 aliphatic rings. The molecule has 6 rings (SSSR count). The van der Waals surface area contributed by atoms with Gasteiger partial charge in [0.1, 0.15) is 0 Å². The molecular weight excluding hydrogens is 619 g/mol. The van der Waals surface area contributed by atoms with Crippen molar-refractivity contribution in [3.05, 3.63) is 92.4 Å². The van der Waals surface area contributed by atoms with Gasteiger partial charge in [0, 0.05) is 57.9 Å². The van der Waals surface area contributed by atoms with E-state index in [1.807, 2.05) is 18.7 Å². The van der Waals surface area contributed by atoms with Gasteiger partial charge in [-0.3, -0.25) is 9.59 Å². The molecule has 1 unspecified atom stereocenters. The fourth-order valence-electron chi connectivity index (χ4n) is 6.33. The lowest BCUT2D eigenvalue weighted by Crippen LogP contribution is -2.35. The lowest BCUT2D eigenvalue weighted by Gasteiger charge is -2.23.